The highest BCUT2D eigenvalue weighted by molar-refractivity contribution is 6.00. The van der Waals surface area contributed by atoms with E-state index in [0.717, 1.165) is 107 Å². The Bertz CT molecular complexity index is 2990. The zero-order valence-corrected chi connectivity index (χ0v) is 46.6. The van der Waals surface area contributed by atoms with E-state index in [0.29, 0.717) is 61.8 Å². The molecule has 0 spiro atoms. The minimum absolute atomic E-state index is 0.0708. The van der Waals surface area contributed by atoms with Crippen LogP contribution in [0.15, 0.2) is 97.4 Å². The highest BCUT2D eigenvalue weighted by Crippen LogP contribution is 2.34. The van der Waals surface area contributed by atoms with Gasteiger partial charge in [0.05, 0.1) is 22.1 Å². The van der Waals surface area contributed by atoms with Crippen molar-refractivity contribution in [2.45, 2.75) is 147 Å². The quantitative estimate of drug-likeness (QED) is 0.0280. The van der Waals surface area contributed by atoms with Crippen molar-refractivity contribution in [2.75, 3.05) is 61.5 Å². The van der Waals surface area contributed by atoms with Crippen LogP contribution < -0.4 is 21.3 Å². The Hall–Kier alpha value is -7.44. The number of amides is 1. The second-order valence-electron chi connectivity index (χ2n) is 21.6. The number of ketones is 2. The van der Waals surface area contributed by atoms with Crippen molar-refractivity contribution in [3.63, 3.8) is 0 Å². The number of fused-ring (bicyclic) bond motifs is 2. The largest absolute Gasteiger partial charge is 0.478 e. The Morgan fingerprint density at radius 3 is 1.56 bits per heavy atom. The average molecular weight is 1080 g/mol. The molecule has 4 aliphatic rings. The number of aromatic amines is 2. The molecular formula is C61H81N13O5. The fourth-order valence-electron chi connectivity index (χ4n) is 10.2. The first-order valence-corrected chi connectivity index (χ1v) is 28.6. The molecule has 18 nitrogen and oxygen atoms in total. The highest BCUT2D eigenvalue weighted by Gasteiger charge is 2.27. The third-order valence-corrected chi connectivity index (χ3v) is 14.9. The third-order valence-electron chi connectivity index (χ3n) is 14.9. The second kappa shape index (κ2) is 29.0. The average Bonchev–Trinajstić information content (AvgIpc) is 4.40. The zero-order chi connectivity index (χ0) is 55.5. The van der Waals surface area contributed by atoms with Gasteiger partial charge in [0.1, 0.15) is 11.6 Å². The molecule has 1 aliphatic heterocycles. The van der Waals surface area contributed by atoms with Crippen LogP contribution in [0.2, 0.25) is 0 Å². The van der Waals surface area contributed by atoms with E-state index >= 15 is 0 Å². The van der Waals surface area contributed by atoms with Crippen molar-refractivity contribution in [1.29, 1.82) is 0 Å². The van der Waals surface area contributed by atoms with E-state index in [9.17, 15) is 19.2 Å². The normalized spacial score (nSPS) is 16.7. The maximum absolute atomic E-state index is 12.8. The van der Waals surface area contributed by atoms with Gasteiger partial charge in [-0.3, -0.25) is 34.4 Å². The summed E-state index contributed by atoms with van der Waals surface area (Å²) in [5, 5.41) is 39.4. The number of anilines is 6. The molecule has 18 heteroatoms. The van der Waals surface area contributed by atoms with Gasteiger partial charge in [-0.1, -0.05) is 69.5 Å². The van der Waals surface area contributed by atoms with Crippen LogP contribution in [0.4, 0.5) is 34.4 Å². The second-order valence-corrected chi connectivity index (χ2v) is 21.6. The number of piperidine rings is 1. The van der Waals surface area contributed by atoms with Crippen LogP contribution >= 0.6 is 0 Å². The first-order chi connectivity index (χ1) is 38.4. The number of aliphatic carboxylic acids is 1. The maximum atomic E-state index is 12.8. The Balaban J connectivity index is 0.000000179. The predicted molar refractivity (Wildman–Crippen MR) is 315 cm³/mol. The number of nitrogens with one attached hydrogen (secondary N) is 6. The summed E-state index contributed by atoms with van der Waals surface area (Å²) in [5.74, 6) is 1.35. The number of pyridine rings is 2. The lowest BCUT2D eigenvalue weighted by Crippen LogP contribution is -2.44. The SMILES string of the molecule is CCCC(=O)Cc1ccc(Nc2ccnc3[nH]nc(NC4CCCCC4)c23)cc1.CCCC(=O)Cc1ccc(Nc2ccnc3[nH]nc(N[C@@H]4CCCN(C(=O)/C=C/CN(C)C5CC5)C4)c23)cc1.CN(C/C=C/C(=O)O)C1CC1. The number of likely N-dealkylation sites (tertiary alicyclic amines) is 1. The number of carboxylic acids is 1. The number of likely N-dealkylation sites (N-methyl/N-ethyl adjacent to an activating group) is 2. The first-order valence-electron chi connectivity index (χ1n) is 28.6. The Labute approximate surface area is 464 Å². The smallest absolute Gasteiger partial charge is 0.328 e. The lowest BCUT2D eigenvalue weighted by Gasteiger charge is -2.32. The van der Waals surface area contributed by atoms with Crippen molar-refractivity contribution in [1.82, 2.24) is 45.1 Å². The van der Waals surface area contributed by atoms with Crippen LogP contribution in [-0.4, -0.2) is 138 Å². The molecule has 6 aromatic rings. The Kier molecular flexibility index (Phi) is 21.2. The summed E-state index contributed by atoms with van der Waals surface area (Å²) in [6.45, 7) is 7.03. The van der Waals surface area contributed by atoms with Crippen molar-refractivity contribution < 1.29 is 24.3 Å². The number of benzene rings is 2. The van der Waals surface area contributed by atoms with Gasteiger partial charge in [-0.05, 0) is 126 Å². The third kappa shape index (κ3) is 17.8. The van der Waals surface area contributed by atoms with Crippen molar-refractivity contribution >= 4 is 79.9 Å². The van der Waals surface area contributed by atoms with E-state index in [-0.39, 0.29) is 17.7 Å². The number of carbonyl (C=O) groups excluding carboxylic acids is 3. The van der Waals surface area contributed by atoms with E-state index in [1.807, 2.05) is 92.5 Å². The topological polar surface area (TPSA) is 229 Å². The number of carboxylic acid groups (broad SMARTS) is 1. The summed E-state index contributed by atoms with van der Waals surface area (Å²) in [4.78, 5) is 62.0. The predicted octanol–water partition coefficient (Wildman–Crippen LogP) is 10.7. The van der Waals surface area contributed by atoms with Crippen LogP contribution in [0.3, 0.4) is 0 Å². The zero-order valence-electron chi connectivity index (χ0n) is 46.6. The minimum Gasteiger partial charge on any atom is -0.478 e. The number of hydrogen-bond acceptors (Lipinski definition) is 14. The lowest BCUT2D eigenvalue weighted by atomic mass is 9.95. The number of hydrogen-bond donors (Lipinski definition) is 7. The highest BCUT2D eigenvalue weighted by atomic mass is 16.4. The molecule has 3 saturated carbocycles. The van der Waals surface area contributed by atoms with Crippen molar-refractivity contribution in [3.05, 3.63) is 108 Å². The van der Waals surface area contributed by atoms with E-state index in [1.165, 1.54) is 63.9 Å². The number of carbonyl (C=O) groups is 4. The summed E-state index contributed by atoms with van der Waals surface area (Å²) in [5.41, 5.74) is 7.30. The molecule has 1 atom stereocenters. The maximum Gasteiger partial charge on any atom is 0.328 e. The molecule has 0 radical (unpaired) electrons. The summed E-state index contributed by atoms with van der Waals surface area (Å²) in [7, 11) is 4.13. The van der Waals surface area contributed by atoms with Crippen LogP contribution in [-0.2, 0) is 32.0 Å². The van der Waals surface area contributed by atoms with Gasteiger partial charge in [0.15, 0.2) is 22.9 Å². The molecule has 1 saturated heterocycles. The molecule has 2 aromatic carbocycles. The fraction of sp³-hybridized carbons (Fsp3) is 0.475. The van der Waals surface area contributed by atoms with E-state index in [2.05, 4.69) is 68.5 Å². The van der Waals surface area contributed by atoms with E-state index < -0.39 is 5.97 Å². The van der Waals surface area contributed by atoms with Gasteiger partial charge in [-0.25, -0.2) is 14.8 Å². The van der Waals surface area contributed by atoms with Crippen LogP contribution in [0.5, 0.6) is 0 Å². The molecule has 0 unspecified atom stereocenters. The molecule has 0 bridgehead atoms. The van der Waals surface area contributed by atoms with Crippen LogP contribution in [0, 0.1) is 0 Å². The molecule has 10 rings (SSSR count). The monoisotopic (exact) mass is 1080 g/mol. The number of Topliss-reactive ketones (excluding diaryl/α,β-unsaturated/α-hetero) is 2. The van der Waals surface area contributed by atoms with Gasteiger partial charge in [0.2, 0.25) is 5.91 Å². The molecular weight excluding hydrogens is 995 g/mol. The molecule has 420 valence electrons. The van der Waals surface area contributed by atoms with Gasteiger partial charge in [0.25, 0.3) is 0 Å². The van der Waals surface area contributed by atoms with Gasteiger partial charge in [0, 0.05) is 112 Å². The van der Waals surface area contributed by atoms with Gasteiger partial charge in [-0.15, -0.1) is 0 Å². The standard InChI is InChI=1S/C30H39N7O2.C23H29N5O.C8H13NO2/c1-3-6-25(38)19-21-9-11-22(12-10-21)32-26-15-16-31-29-28(26)30(35-34-29)33-23-7-4-18-37(20-23)27(39)8-5-17-36(2)24-13-14-24;1-2-6-19(29)15-16-9-11-18(12-10-16)25-20-13-14-24-22-21(20)23(28-27-22)26-17-7-4-3-5-8-17;1-9(7-4-5-7)6-2-3-8(10)11/h5,8-12,15-16,23-24H,3-4,6-7,13-14,17-20H2,1-2H3,(H3,31,32,33,34,35);9-14,17H,2-8,15H2,1H3,(H3,24,25,26,27,28);2-3,7H,4-6H2,1H3,(H,10,11)/b8-5+;;3-2+/t23-;;/m1../s1. The van der Waals surface area contributed by atoms with Gasteiger partial charge in [-0.2, -0.15) is 10.2 Å². The number of H-pyrrole nitrogens is 2. The molecule has 1 amide bonds. The van der Waals surface area contributed by atoms with Crippen LogP contribution in [0.1, 0.15) is 121 Å². The fourth-order valence-corrected chi connectivity index (χ4v) is 10.2. The van der Waals surface area contributed by atoms with Crippen molar-refractivity contribution in [2.24, 2.45) is 0 Å². The summed E-state index contributed by atoms with van der Waals surface area (Å²) >= 11 is 0. The Morgan fingerprint density at radius 2 is 1.09 bits per heavy atom. The first kappa shape index (κ1) is 57.7. The van der Waals surface area contributed by atoms with Gasteiger partial charge < -0.3 is 31.3 Å². The molecule has 79 heavy (non-hydrogen) atoms. The molecule has 7 N–H and O–H groups in total. The molecule has 4 fully saturated rings. The van der Waals surface area contributed by atoms with Crippen molar-refractivity contribution in [3.8, 4) is 0 Å². The molecule has 3 aliphatic carbocycles. The van der Waals surface area contributed by atoms with Gasteiger partial charge >= 0.3 is 5.97 Å². The van der Waals surface area contributed by atoms with Crippen LogP contribution in [0.25, 0.3) is 22.1 Å². The number of nitrogens with zero attached hydrogens (tertiary/aromatic N) is 7. The molecule has 5 heterocycles. The summed E-state index contributed by atoms with van der Waals surface area (Å²) in [6.07, 6.45) is 27.3. The number of rotatable bonds is 24. The summed E-state index contributed by atoms with van der Waals surface area (Å²) in [6, 6.07) is 21.9. The van der Waals surface area contributed by atoms with E-state index in [4.69, 9.17) is 5.11 Å². The Morgan fingerprint density at radius 1 is 0.620 bits per heavy atom. The number of aromatic nitrogens is 6. The lowest BCUT2D eigenvalue weighted by molar-refractivity contribution is -0.131. The summed E-state index contributed by atoms with van der Waals surface area (Å²) < 4.78 is 0. The minimum atomic E-state index is -0.866. The van der Waals surface area contributed by atoms with E-state index in [1.54, 1.807) is 24.5 Å². The molecule has 4 aromatic heterocycles.